The summed E-state index contributed by atoms with van der Waals surface area (Å²) in [6.45, 7) is 0. The first-order chi connectivity index (χ1) is 9.72. The van der Waals surface area contributed by atoms with E-state index in [4.69, 9.17) is 11.6 Å². The molecule has 0 atom stereocenters. The lowest BCUT2D eigenvalue weighted by Crippen LogP contribution is -2.09. The van der Waals surface area contributed by atoms with Crippen LogP contribution in [0.4, 0.5) is 5.69 Å². The van der Waals surface area contributed by atoms with Crippen molar-refractivity contribution in [3.05, 3.63) is 63.8 Å². The van der Waals surface area contributed by atoms with Gasteiger partial charge in [0.1, 0.15) is 0 Å². The Morgan fingerprint density at radius 2 is 1.80 bits per heavy atom. The van der Waals surface area contributed by atoms with Gasteiger partial charge in [0.05, 0.1) is 4.88 Å². The van der Waals surface area contributed by atoms with Crippen LogP contribution >= 0.6 is 34.3 Å². The van der Waals surface area contributed by atoms with E-state index in [0.29, 0.717) is 9.90 Å². The standard InChI is InChI=1S/C15H10ClNOS2/c16-10-3-5-11(6-4-10)17-15(18)14-8-7-13(20-14)12-2-1-9-19-12/h1-9H,(H,17,18). The van der Waals surface area contributed by atoms with Gasteiger partial charge in [0.2, 0.25) is 0 Å². The summed E-state index contributed by atoms with van der Waals surface area (Å²) >= 11 is 8.98. The molecule has 0 unspecified atom stereocenters. The second kappa shape index (κ2) is 5.79. The predicted octanol–water partition coefficient (Wildman–Crippen LogP) is 5.38. The maximum atomic E-state index is 12.2. The van der Waals surface area contributed by atoms with E-state index in [1.807, 2.05) is 23.6 Å². The van der Waals surface area contributed by atoms with Crippen molar-refractivity contribution in [1.82, 2.24) is 0 Å². The molecule has 0 spiro atoms. The van der Waals surface area contributed by atoms with E-state index in [1.165, 1.54) is 16.2 Å². The Bertz CT molecular complexity index is 717. The number of halogens is 1. The second-order valence-corrected chi connectivity index (χ2v) is 6.57. The Labute approximate surface area is 129 Å². The molecule has 20 heavy (non-hydrogen) atoms. The number of amides is 1. The van der Waals surface area contributed by atoms with Crippen molar-refractivity contribution in [2.24, 2.45) is 0 Å². The molecule has 100 valence electrons. The predicted molar refractivity (Wildman–Crippen MR) is 87.0 cm³/mol. The first kappa shape index (κ1) is 13.4. The lowest BCUT2D eigenvalue weighted by Gasteiger charge is -2.03. The van der Waals surface area contributed by atoms with E-state index in [0.717, 1.165) is 10.6 Å². The molecular weight excluding hydrogens is 310 g/mol. The zero-order valence-electron chi connectivity index (χ0n) is 10.3. The fraction of sp³-hybridized carbons (Fsp3) is 0. The van der Waals surface area contributed by atoms with Gasteiger partial charge in [0, 0.05) is 20.5 Å². The van der Waals surface area contributed by atoms with E-state index in [9.17, 15) is 4.79 Å². The Balaban J connectivity index is 1.76. The number of hydrogen-bond donors (Lipinski definition) is 1. The number of carbonyl (C=O) groups excluding carboxylic acids is 1. The number of carbonyl (C=O) groups is 1. The van der Waals surface area contributed by atoms with Crippen LogP contribution in [0.15, 0.2) is 53.9 Å². The maximum absolute atomic E-state index is 12.2. The highest BCUT2D eigenvalue weighted by atomic mass is 35.5. The summed E-state index contributed by atoms with van der Waals surface area (Å²) in [6.07, 6.45) is 0. The van der Waals surface area contributed by atoms with Crippen LogP contribution in [-0.2, 0) is 0 Å². The Kier molecular flexibility index (Phi) is 3.87. The van der Waals surface area contributed by atoms with E-state index in [-0.39, 0.29) is 5.91 Å². The molecule has 0 aliphatic rings. The van der Waals surface area contributed by atoms with Gasteiger partial charge in [-0.05, 0) is 47.8 Å². The van der Waals surface area contributed by atoms with E-state index in [2.05, 4.69) is 11.4 Å². The van der Waals surface area contributed by atoms with Crippen LogP contribution in [0.1, 0.15) is 9.67 Å². The minimum absolute atomic E-state index is 0.0971. The van der Waals surface area contributed by atoms with E-state index >= 15 is 0 Å². The van der Waals surface area contributed by atoms with Crippen LogP contribution in [-0.4, -0.2) is 5.91 Å². The third-order valence-corrected chi connectivity index (χ3v) is 5.10. The van der Waals surface area contributed by atoms with Gasteiger partial charge >= 0.3 is 0 Å². The molecule has 0 aliphatic carbocycles. The lowest BCUT2D eigenvalue weighted by atomic mass is 10.3. The number of nitrogens with one attached hydrogen (secondary N) is 1. The summed E-state index contributed by atoms with van der Waals surface area (Å²) in [5, 5.41) is 5.54. The van der Waals surface area contributed by atoms with Crippen molar-refractivity contribution in [1.29, 1.82) is 0 Å². The van der Waals surface area contributed by atoms with Gasteiger partial charge < -0.3 is 5.32 Å². The quantitative estimate of drug-likeness (QED) is 0.689. The highest BCUT2D eigenvalue weighted by molar-refractivity contribution is 7.22. The average molecular weight is 320 g/mol. The fourth-order valence-corrected chi connectivity index (χ4v) is 3.60. The van der Waals surface area contributed by atoms with Gasteiger partial charge in [-0.25, -0.2) is 0 Å². The molecule has 1 amide bonds. The number of benzene rings is 1. The minimum atomic E-state index is -0.0971. The van der Waals surface area contributed by atoms with Crippen molar-refractivity contribution in [2.45, 2.75) is 0 Å². The molecule has 0 aliphatic heterocycles. The Morgan fingerprint density at radius 1 is 1.00 bits per heavy atom. The first-order valence-corrected chi connectivity index (χ1v) is 8.00. The molecule has 2 aromatic heterocycles. The van der Waals surface area contributed by atoms with Gasteiger partial charge in [-0.1, -0.05) is 17.7 Å². The highest BCUT2D eigenvalue weighted by Gasteiger charge is 2.11. The SMILES string of the molecule is O=C(Nc1ccc(Cl)cc1)c1ccc(-c2cccs2)s1. The summed E-state index contributed by atoms with van der Waals surface area (Å²) in [7, 11) is 0. The third-order valence-electron chi connectivity index (χ3n) is 2.70. The molecule has 1 aromatic carbocycles. The fourth-order valence-electron chi connectivity index (χ4n) is 1.74. The van der Waals surface area contributed by atoms with Crippen molar-refractivity contribution in [3.63, 3.8) is 0 Å². The summed E-state index contributed by atoms with van der Waals surface area (Å²) in [5.74, 6) is -0.0971. The molecule has 2 nitrogen and oxygen atoms in total. The monoisotopic (exact) mass is 319 g/mol. The van der Waals surface area contributed by atoms with Gasteiger partial charge in [-0.15, -0.1) is 22.7 Å². The molecule has 2 heterocycles. The maximum Gasteiger partial charge on any atom is 0.265 e. The number of thiophene rings is 2. The molecule has 0 saturated heterocycles. The Hall–Kier alpha value is -1.62. The van der Waals surface area contributed by atoms with Crippen LogP contribution in [0.2, 0.25) is 5.02 Å². The highest BCUT2D eigenvalue weighted by Crippen LogP contribution is 2.31. The minimum Gasteiger partial charge on any atom is -0.321 e. The first-order valence-electron chi connectivity index (χ1n) is 5.93. The average Bonchev–Trinajstić information content (AvgIpc) is 3.11. The van der Waals surface area contributed by atoms with Gasteiger partial charge in [0.15, 0.2) is 0 Å². The molecule has 1 N–H and O–H groups in total. The zero-order valence-corrected chi connectivity index (χ0v) is 12.7. The second-order valence-electron chi connectivity index (χ2n) is 4.10. The van der Waals surface area contributed by atoms with E-state index < -0.39 is 0 Å². The number of hydrogen-bond acceptors (Lipinski definition) is 3. The van der Waals surface area contributed by atoms with Crippen LogP contribution in [0, 0.1) is 0 Å². The Morgan fingerprint density at radius 3 is 2.50 bits per heavy atom. The van der Waals surface area contributed by atoms with Gasteiger partial charge in [0.25, 0.3) is 5.91 Å². The molecule has 3 aromatic rings. The van der Waals surface area contributed by atoms with Crippen molar-refractivity contribution in [3.8, 4) is 9.75 Å². The van der Waals surface area contributed by atoms with E-state index in [1.54, 1.807) is 35.6 Å². The largest absolute Gasteiger partial charge is 0.321 e. The number of rotatable bonds is 3. The summed E-state index contributed by atoms with van der Waals surface area (Å²) < 4.78 is 0. The van der Waals surface area contributed by atoms with Crippen LogP contribution in [0.5, 0.6) is 0 Å². The summed E-state index contributed by atoms with van der Waals surface area (Å²) in [4.78, 5) is 15.1. The van der Waals surface area contributed by atoms with Gasteiger partial charge in [-0.2, -0.15) is 0 Å². The summed E-state index contributed by atoms with van der Waals surface area (Å²) in [6, 6.07) is 15.0. The van der Waals surface area contributed by atoms with Gasteiger partial charge in [-0.3, -0.25) is 4.79 Å². The van der Waals surface area contributed by atoms with Crippen LogP contribution in [0.3, 0.4) is 0 Å². The molecule has 0 bridgehead atoms. The van der Waals surface area contributed by atoms with Crippen LogP contribution in [0.25, 0.3) is 9.75 Å². The molecule has 0 saturated carbocycles. The molecule has 0 fully saturated rings. The molecule has 5 heteroatoms. The molecule has 3 rings (SSSR count). The topological polar surface area (TPSA) is 29.1 Å². The zero-order chi connectivity index (χ0) is 13.9. The van der Waals surface area contributed by atoms with Crippen molar-refractivity contribution in [2.75, 3.05) is 5.32 Å². The van der Waals surface area contributed by atoms with Crippen molar-refractivity contribution >= 4 is 45.9 Å². The van der Waals surface area contributed by atoms with Crippen molar-refractivity contribution < 1.29 is 4.79 Å². The lowest BCUT2D eigenvalue weighted by molar-refractivity contribution is 0.103. The smallest absolute Gasteiger partial charge is 0.265 e. The third kappa shape index (κ3) is 2.93. The molecule has 0 radical (unpaired) electrons. The normalized spacial score (nSPS) is 10.4. The summed E-state index contributed by atoms with van der Waals surface area (Å²) in [5.41, 5.74) is 0.741. The van der Waals surface area contributed by atoms with Crippen LogP contribution < -0.4 is 5.32 Å². The molecular formula is C15H10ClNOS2. The number of anilines is 1.